The van der Waals surface area contributed by atoms with Crippen LogP contribution in [0.15, 0.2) is 57.6 Å². The van der Waals surface area contributed by atoms with E-state index in [1.165, 1.54) is 18.3 Å². The number of hydrogen-bond acceptors (Lipinski definition) is 7. The van der Waals surface area contributed by atoms with Crippen molar-refractivity contribution in [1.29, 1.82) is 0 Å². The van der Waals surface area contributed by atoms with Gasteiger partial charge >= 0.3 is 0 Å². The van der Waals surface area contributed by atoms with E-state index in [-0.39, 0.29) is 10.9 Å². The number of methoxy groups -OCH3 is 2. The number of guanidine groups is 1. The molecule has 0 spiro atoms. The van der Waals surface area contributed by atoms with Gasteiger partial charge in [0.05, 0.1) is 25.3 Å². The number of benzene rings is 2. The van der Waals surface area contributed by atoms with E-state index in [2.05, 4.69) is 10.2 Å². The Bertz CT molecular complexity index is 927. The highest BCUT2D eigenvalue weighted by atomic mass is 32.2. The van der Waals surface area contributed by atoms with Gasteiger partial charge in [-0.15, -0.1) is 5.10 Å². The molecule has 0 aromatic heterocycles. The van der Waals surface area contributed by atoms with Crippen molar-refractivity contribution >= 4 is 22.3 Å². The van der Waals surface area contributed by atoms with Crippen LogP contribution < -0.4 is 20.7 Å². The predicted octanol–water partition coefficient (Wildman–Crippen LogP) is 1.57. The molecule has 0 heterocycles. The number of hydroxylamine groups is 1. The van der Waals surface area contributed by atoms with Crippen LogP contribution in [0.25, 0.3) is 0 Å². The van der Waals surface area contributed by atoms with Crippen molar-refractivity contribution in [1.82, 2.24) is 5.48 Å². The molecule has 10 nitrogen and oxygen atoms in total. The molecule has 0 aliphatic rings. The van der Waals surface area contributed by atoms with Gasteiger partial charge in [0.25, 0.3) is 10.1 Å². The van der Waals surface area contributed by atoms with Crippen LogP contribution >= 0.6 is 0 Å². The van der Waals surface area contributed by atoms with Crippen LogP contribution in [0.4, 0.5) is 0 Å². The Hall–Kier alpha value is -3.15. The fraction of sp³-hybridized carbons (Fsp3) is 0.176. The Morgan fingerprint density at radius 3 is 2.21 bits per heavy atom. The van der Waals surface area contributed by atoms with Crippen molar-refractivity contribution in [3.8, 4) is 11.5 Å². The van der Waals surface area contributed by atoms with Gasteiger partial charge in [0.2, 0.25) is 5.96 Å². The number of nitrogens with two attached hydrogens (primary N) is 1. The van der Waals surface area contributed by atoms with Crippen LogP contribution in [-0.2, 0) is 10.1 Å². The Balaban J connectivity index is 0.000000307. The Labute approximate surface area is 163 Å². The predicted molar refractivity (Wildman–Crippen MR) is 105 cm³/mol. The van der Waals surface area contributed by atoms with E-state index in [9.17, 15) is 8.42 Å². The van der Waals surface area contributed by atoms with Crippen molar-refractivity contribution in [3.63, 3.8) is 0 Å². The van der Waals surface area contributed by atoms with Gasteiger partial charge in [0, 0.05) is 0 Å². The molecule has 2 aromatic rings. The summed E-state index contributed by atoms with van der Waals surface area (Å²) in [6.45, 7) is 1.84. The molecule has 11 heteroatoms. The van der Waals surface area contributed by atoms with Gasteiger partial charge < -0.3 is 15.2 Å². The van der Waals surface area contributed by atoms with Gasteiger partial charge in [-0.1, -0.05) is 17.7 Å². The molecule has 0 fully saturated rings. The summed E-state index contributed by atoms with van der Waals surface area (Å²) in [6, 6.07) is 11.3. The Morgan fingerprint density at radius 2 is 1.71 bits per heavy atom. The monoisotopic (exact) mass is 410 g/mol. The van der Waals surface area contributed by atoms with Crippen LogP contribution in [0.3, 0.4) is 0 Å². The van der Waals surface area contributed by atoms with Crippen molar-refractivity contribution < 1.29 is 27.7 Å². The summed E-state index contributed by atoms with van der Waals surface area (Å²) < 4.78 is 39.8. The highest BCUT2D eigenvalue weighted by molar-refractivity contribution is 7.85. The molecule has 0 radical (unpaired) electrons. The molecular formula is C17H22N4O6S. The zero-order valence-electron chi connectivity index (χ0n) is 15.5. The van der Waals surface area contributed by atoms with E-state index in [1.807, 2.05) is 6.92 Å². The summed E-state index contributed by atoms with van der Waals surface area (Å²) in [5.41, 5.74) is 8.55. The number of nitrogens with zero attached hydrogens (tertiary/aromatic N) is 2. The second kappa shape index (κ2) is 10.9. The molecule has 0 saturated heterocycles. The summed E-state index contributed by atoms with van der Waals surface area (Å²) in [5.74, 6) is 1.03. The first kappa shape index (κ1) is 22.9. The van der Waals surface area contributed by atoms with Gasteiger partial charge in [0.15, 0.2) is 11.5 Å². The van der Waals surface area contributed by atoms with Crippen LogP contribution in [0.1, 0.15) is 11.1 Å². The zero-order valence-corrected chi connectivity index (χ0v) is 16.3. The lowest BCUT2D eigenvalue weighted by Gasteiger charge is -2.07. The van der Waals surface area contributed by atoms with Crippen LogP contribution in [0.2, 0.25) is 0 Å². The standard InChI is InChI=1S/C10H14N4O3.C7H8O3S/c1-16-8-4-3-7(5-9(8)17-2)6-12-13-10(11)14-15;1-6-2-4-7(5-3-6)11(8,9)10/h3-6,15H,1-2H3,(H3,11,13,14);2-5H,1H3,(H,8,9,10). The molecule has 0 unspecified atom stereocenters. The van der Waals surface area contributed by atoms with Crippen molar-refractivity contribution in [3.05, 3.63) is 53.6 Å². The lowest BCUT2D eigenvalue weighted by atomic mass is 10.2. The van der Waals surface area contributed by atoms with Crippen molar-refractivity contribution in [2.75, 3.05) is 14.2 Å². The topological polar surface area (TPSA) is 156 Å². The minimum atomic E-state index is -4.02. The lowest BCUT2D eigenvalue weighted by Crippen LogP contribution is -2.27. The molecule has 0 amide bonds. The maximum absolute atomic E-state index is 10.5. The van der Waals surface area contributed by atoms with E-state index in [0.717, 1.165) is 11.1 Å². The van der Waals surface area contributed by atoms with Gasteiger partial charge in [-0.2, -0.15) is 13.5 Å². The number of aryl methyl sites for hydroxylation is 1. The van der Waals surface area contributed by atoms with Crippen LogP contribution in [0, 0.1) is 6.92 Å². The van der Waals surface area contributed by atoms with Gasteiger partial charge in [-0.3, -0.25) is 9.76 Å². The Morgan fingerprint density at radius 1 is 1.11 bits per heavy atom. The van der Waals surface area contributed by atoms with Crippen molar-refractivity contribution in [2.45, 2.75) is 11.8 Å². The molecule has 0 bridgehead atoms. The number of nitrogens with one attached hydrogen (secondary N) is 1. The van der Waals surface area contributed by atoms with E-state index >= 15 is 0 Å². The minimum absolute atomic E-state index is 0.0666. The second-order valence-electron chi connectivity index (χ2n) is 5.24. The molecule has 0 atom stereocenters. The van der Waals surface area contributed by atoms with Gasteiger partial charge in [0.1, 0.15) is 0 Å². The summed E-state index contributed by atoms with van der Waals surface area (Å²) >= 11 is 0. The first-order valence-electron chi connectivity index (χ1n) is 7.74. The molecular weight excluding hydrogens is 388 g/mol. The van der Waals surface area contributed by atoms with E-state index in [1.54, 1.807) is 50.0 Å². The van der Waals surface area contributed by atoms with Crippen LogP contribution in [0.5, 0.6) is 11.5 Å². The van der Waals surface area contributed by atoms with E-state index in [4.69, 9.17) is 25.0 Å². The van der Waals surface area contributed by atoms with E-state index in [0.29, 0.717) is 11.5 Å². The van der Waals surface area contributed by atoms with Crippen molar-refractivity contribution in [2.24, 2.45) is 15.9 Å². The fourth-order valence-electron chi connectivity index (χ4n) is 1.82. The summed E-state index contributed by atoms with van der Waals surface area (Å²) in [4.78, 5) is -0.0666. The lowest BCUT2D eigenvalue weighted by molar-refractivity contribution is 0.232. The first-order chi connectivity index (χ1) is 13.2. The zero-order chi connectivity index (χ0) is 21.2. The molecule has 0 aliphatic carbocycles. The average Bonchev–Trinajstić information content (AvgIpc) is 2.67. The third-order valence-corrected chi connectivity index (χ3v) is 4.08. The number of ether oxygens (including phenoxy) is 2. The highest BCUT2D eigenvalue weighted by Gasteiger charge is 2.06. The summed E-state index contributed by atoms with van der Waals surface area (Å²) in [6.07, 6.45) is 1.46. The van der Waals surface area contributed by atoms with Gasteiger partial charge in [-0.25, -0.2) is 5.48 Å². The molecule has 0 saturated carbocycles. The molecule has 2 aromatic carbocycles. The Kier molecular flexibility index (Phi) is 8.88. The minimum Gasteiger partial charge on any atom is -0.493 e. The average molecular weight is 410 g/mol. The normalized spacial score (nSPS) is 11.5. The highest BCUT2D eigenvalue weighted by Crippen LogP contribution is 2.26. The van der Waals surface area contributed by atoms with E-state index < -0.39 is 10.1 Å². The SMILES string of the molecule is COc1ccc(C=N/N=C(\N)NO)cc1OC.Cc1ccc(S(=O)(=O)O)cc1. The fourth-order valence-corrected chi connectivity index (χ4v) is 2.30. The smallest absolute Gasteiger partial charge is 0.294 e. The molecule has 152 valence electrons. The number of rotatable bonds is 5. The maximum Gasteiger partial charge on any atom is 0.294 e. The first-order valence-corrected chi connectivity index (χ1v) is 9.18. The maximum atomic E-state index is 10.5. The molecule has 0 aliphatic heterocycles. The molecule has 2 rings (SSSR count). The van der Waals surface area contributed by atoms with Gasteiger partial charge in [-0.05, 0) is 42.8 Å². The summed E-state index contributed by atoms with van der Waals surface area (Å²) in [5, 5.41) is 15.5. The van der Waals surface area contributed by atoms with Crippen LogP contribution in [-0.4, -0.2) is 44.6 Å². The third kappa shape index (κ3) is 7.61. The summed E-state index contributed by atoms with van der Waals surface area (Å²) in [7, 11) is -0.914. The molecule has 5 N–H and O–H groups in total. The quantitative estimate of drug-likeness (QED) is 0.250. The number of hydrogen-bond donors (Lipinski definition) is 4. The molecule has 28 heavy (non-hydrogen) atoms. The third-order valence-electron chi connectivity index (χ3n) is 3.21. The largest absolute Gasteiger partial charge is 0.493 e. The second-order valence-corrected chi connectivity index (χ2v) is 6.67.